The van der Waals surface area contributed by atoms with Gasteiger partial charge in [0.05, 0.1) is 13.2 Å². The average Bonchev–Trinajstić information content (AvgIpc) is 2.96. The Kier molecular flexibility index (Phi) is 11.2. The number of carbonyl (C=O) groups excluding carboxylic acids is 1. The van der Waals surface area contributed by atoms with Gasteiger partial charge in [0.1, 0.15) is 12.4 Å². The summed E-state index contributed by atoms with van der Waals surface area (Å²) in [6.07, 6.45) is 15.5. The molecule has 1 heterocycles. The summed E-state index contributed by atoms with van der Waals surface area (Å²) in [6, 6.07) is 7.77. The molecule has 8 heteroatoms. The third-order valence-electron chi connectivity index (χ3n) is 7.35. The number of nitrogens with one attached hydrogen (secondary N) is 2. The molecular formula is C32H37BrClN3O3. The van der Waals surface area contributed by atoms with Crippen LogP contribution in [0.2, 0.25) is 5.02 Å². The van der Waals surface area contributed by atoms with E-state index in [1.807, 2.05) is 24.3 Å². The molecule has 40 heavy (non-hydrogen) atoms. The predicted molar refractivity (Wildman–Crippen MR) is 163 cm³/mol. The zero-order valence-electron chi connectivity index (χ0n) is 23.1. The van der Waals surface area contributed by atoms with Crippen molar-refractivity contribution in [2.45, 2.75) is 52.9 Å². The van der Waals surface area contributed by atoms with Crippen molar-refractivity contribution in [3.63, 3.8) is 0 Å². The number of hydrogen-bond donors (Lipinski definition) is 2. The highest BCUT2D eigenvalue weighted by Gasteiger charge is 2.37. The molecule has 1 unspecified atom stereocenters. The molecule has 2 N–H and O–H groups in total. The SMILES string of the molecule is CC(=O)NCCNCc1cc(Cl)c(COCC2=C(Br)[C@](C)(C3C=C=CCC3)CC=C2)cc1OCc1cccnc1. The van der Waals surface area contributed by atoms with Crippen LogP contribution in [-0.2, 0) is 29.3 Å². The molecule has 1 aromatic carbocycles. The highest BCUT2D eigenvalue weighted by atomic mass is 79.9. The molecular weight excluding hydrogens is 590 g/mol. The number of hydrogen-bond acceptors (Lipinski definition) is 5. The number of amides is 1. The third kappa shape index (κ3) is 8.18. The molecule has 0 saturated carbocycles. The van der Waals surface area contributed by atoms with E-state index in [0.29, 0.717) is 50.4 Å². The Bertz CT molecular complexity index is 1300. The Morgan fingerprint density at radius 1 is 1.25 bits per heavy atom. The molecule has 0 fully saturated rings. The monoisotopic (exact) mass is 625 g/mol. The maximum atomic E-state index is 11.1. The van der Waals surface area contributed by atoms with E-state index in [4.69, 9.17) is 21.1 Å². The van der Waals surface area contributed by atoms with E-state index in [1.54, 1.807) is 12.4 Å². The molecule has 2 aromatic rings. The smallest absolute Gasteiger partial charge is 0.216 e. The fraction of sp³-hybridized carbons (Fsp3) is 0.406. The van der Waals surface area contributed by atoms with Gasteiger partial charge in [-0.3, -0.25) is 9.78 Å². The van der Waals surface area contributed by atoms with Crippen molar-refractivity contribution in [1.29, 1.82) is 0 Å². The average molecular weight is 627 g/mol. The van der Waals surface area contributed by atoms with Crippen LogP contribution in [0.5, 0.6) is 5.75 Å². The predicted octanol–water partition coefficient (Wildman–Crippen LogP) is 6.79. The zero-order valence-corrected chi connectivity index (χ0v) is 25.5. The van der Waals surface area contributed by atoms with Gasteiger partial charge < -0.3 is 20.1 Å². The van der Waals surface area contributed by atoms with Crippen molar-refractivity contribution in [1.82, 2.24) is 15.6 Å². The Labute approximate surface area is 250 Å². The second-order valence-corrected chi connectivity index (χ2v) is 11.6. The number of allylic oxidation sites excluding steroid dienone is 3. The summed E-state index contributed by atoms with van der Waals surface area (Å²) < 4.78 is 13.6. The summed E-state index contributed by atoms with van der Waals surface area (Å²) in [7, 11) is 0. The molecule has 4 rings (SSSR count). The van der Waals surface area contributed by atoms with Crippen molar-refractivity contribution in [3.05, 3.63) is 98.5 Å². The standard InChI is InChI=1S/C32H37BrClN3O3/c1-23(38)37-15-14-36-19-26-16-29(34)27(17-30(26)40-20-24-8-7-13-35-18-24)22-39-21-25-9-6-12-32(2,31(25)33)28-10-4-3-5-11-28/h3,6-9,11,13,16-18,28,36H,4,10,12,14-15,19-22H2,1-2H3,(H,37,38)/t28?,32-/m0/s1. The van der Waals surface area contributed by atoms with E-state index in [-0.39, 0.29) is 11.3 Å². The summed E-state index contributed by atoms with van der Waals surface area (Å²) in [5.74, 6) is 1.13. The molecule has 2 aliphatic carbocycles. The Morgan fingerprint density at radius 3 is 2.88 bits per heavy atom. The topological polar surface area (TPSA) is 72.5 Å². The van der Waals surface area contributed by atoms with Crippen LogP contribution in [-0.4, -0.2) is 30.6 Å². The molecule has 0 spiro atoms. The Morgan fingerprint density at radius 2 is 2.12 bits per heavy atom. The molecule has 0 saturated heterocycles. The van der Waals surface area contributed by atoms with Gasteiger partial charge in [-0.25, -0.2) is 0 Å². The molecule has 0 radical (unpaired) electrons. The molecule has 212 valence electrons. The van der Waals surface area contributed by atoms with E-state index in [1.165, 1.54) is 11.4 Å². The number of nitrogens with zero attached hydrogens (tertiary/aromatic N) is 1. The van der Waals surface area contributed by atoms with Crippen LogP contribution in [0.4, 0.5) is 0 Å². The molecule has 6 nitrogen and oxygen atoms in total. The van der Waals surface area contributed by atoms with Crippen LogP contribution >= 0.6 is 27.5 Å². The molecule has 0 aliphatic heterocycles. The van der Waals surface area contributed by atoms with Crippen molar-refractivity contribution in [2.24, 2.45) is 11.3 Å². The van der Waals surface area contributed by atoms with Crippen LogP contribution in [0.3, 0.4) is 0 Å². The maximum Gasteiger partial charge on any atom is 0.216 e. The van der Waals surface area contributed by atoms with Crippen LogP contribution in [0.15, 0.2) is 76.7 Å². The first-order valence-corrected chi connectivity index (χ1v) is 14.9. The Balaban J connectivity index is 1.44. The zero-order chi connectivity index (χ0) is 28.4. The largest absolute Gasteiger partial charge is 0.489 e. The molecule has 2 atom stereocenters. The van der Waals surface area contributed by atoms with Crippen LogP contribution < -0.4 is 15.4 Å². The Hall–Kier alpha value is -2.67. The summed E-state index contributed by atoms with van der Waals surface area (Å²) in [5, 5.41) is 6.76. The lowest BCUT2D eigenvalue weighted by Gasteiger charge is -2.39. The second-order valence-electron chi connectivity index (χ2n) is 10.4. The number of carbonyl (C=O) groups is 1. The molecule has 1 amide bonds. The molecule has 1 aromatic heterocycles. The number of halogens is 2. The van der Waals surface area contributed by atoms with Gasteiger partial charge >= 0.3 is 0 Å². The fourth-order valence-electron chi connectivity index (χ4n) is 5.00. The first-order chi connectivity index (χ1) is 19.4. The lowest BCUT2D eigenvalue weighted by molar-refractivity contribution is -0.118. The third-order valence-corrected chi connectivity index (χ3v) is 9.12. The molecule has 2 aliphatic rings. The normalized spacial score (nSPS) is 20.1. The van der Waals surface area contributed by atoms with Crippen molar-refractivity contribution < 1.29 is 14.3 Å². The van der Waals surface area contributed by atoms with E-state index in [9.17, 15) is 4.79 Å². The van der Waals surface area contributed by atoms with Gasteiger partial charge in [0.2, 0.25) is 5.91 Å². The highest BCUT2D eigenvalue weighted by molar-refractivity contribution is 9.11. The van der Waals surface area contributed by atoms with Crippen LogP contribution in [0.25, 0.3) is 0 Å². The van der Waals surface area contributed by atoms with E-state index >= 15 is 0 Å². The minimum Gasteiger partial charge on any atom is -0.489 e. The number of benzene rings is 1. The van der Waals surface area contributed by atoms with Crippen molar-refractivity contribution in [2.75, 3.05) is 19.7 Å². The van der Waals surface area contributed by atoms with E-state index < -0.39 is 0 Å². The second kappa shape index (κ2) is 14.8. The van der Waals surface area contributed by atoms with Crippen molar-refractivity contribution >= 4 is 33.4 Å². The summed E-state index contributed by atoms with van der Waals surface area (Å²) in [4.78, 5) is 15.3. The lowest BCUT2D eigenvalue weighted by Crippen LogP contribution is -2.30. The quantitative estimate of drug-likeness (QED) is 0.189. The van der Waals surface area contributed by atoms with Gasteiger partial charge in [0.25, 0.3) is 0 Å². The summed E-state index contributed by atoms with van der Waals surface area (Å²) >= 11 is 10.6. The summed E-state index contributed by atoms with van der Waals surface area (Å²) in [6.45, 7) is 6.79. The highest BCUT2D eigenvalue weighted by Crippen LogP contribution is 2.49. The van der Waals surface area contributed by atoms with Gasteiger partial charge in [-0.2, -0.15) is 0 Å². The number of ether oxygens (including phenoxy) is 2. The van der Waals surface area contributed by atoms with Gasteiger partial charge in [-0.1, -0.05) is 52.7 Å². The van der Waals surface area contributed by atoms with Gasteiger partial charge in [-0.05, 0) is 61.1 Å². The number of aromatic nitrogens is 1. The fourth-order valence-corrected chi connectivity index (χ4v) is 5.95. The van der Waals surface area contributed by atoms with Crippen molar-refractivity contribution in [3.8, 4) is 5.75 Å². The van der Waals surface area contributed by atoms with Crippen LogP contribution in [0, 0.1) is 11.3 Å². The maximum absolute atomic E-state index is 11.1. The molecule has 0 bridgehead atoms. The van der Waals surface area contributed by atoms with Gasteiger partial charge in [0, 0.05) is 70.6 Å². The summed E-state index contributed by atoms with van der Waals surface area (Å²) in [5.41, 5.74) is 7.26. The van der Waals surface area contributed by atoms with Crippen LogP contribution in [0.1, 0.15) is 49.8 Å². The minimum atomic E-state index is -0.0474. The van der Waals surface area contributed by atoms with E-state index in [0.717, 1.165) is 47.3 Å². The minimum absolute atomic E-state index is 0.00817. The van der Waals surface area contributed by atoms with Gasteiger partial charge in [0.15, 0.2) is 0 Å². The number of rotatable bonds is 13. The van der Waals surface area contributed by atoms with Gasteiger partial charge in [-0.15, -0.1) is 5.73 Å². The first kappa shape index (κ1) is 30.3. The van der Waals surface area contributed by atoms with E-state index in [2.05, 4.69) is 68.5 Å². The number of pyridine rings is 1. The first-order valence-electron chi connectivity index (χ1n) is 13.7. The lowest BCUT2D eigenvalue weighted by atomic mass is 9.69.